The molecular weight excluding hydrogens is 1010 g/mol. The number of aryl methyl sites for hydroxylation is 4. The number of pyridine rings is 2. The van der Waals surface area contributed by atoms with Crippen LogP contribution < -0.4 is 29.6 Å². The second kappa shape index (κ2) is 24.3. The molecule has 6 aromatic heterocycles. The van der Waals surface area contributed by atoms with Crippen LogP contribution in [0.25, 0.3) is 34.2 Å². The molecular formula is C52H62N14O8S2. The van der Waals surface area contributed by atoms with Gasteiger partial charge in [-0.25, -0.2) is 36.8 Å². The summed E-state index contributed by atoms with van der Waals surface area (Å²) in [4.78, 5) is 25.9. The predicted octanol–water partition coefficient (Wildman–Crippen LogP) is 6.03. The molecule has 2 N–H and O–H groups in total. The summed E-state index contributed by atoms with van der Waals surface area (Å²) in [5, 5.41) is 21.8. The van der Waals surface area contributed by atoms with Gasteiger partial charge in [-0.2, -0.15) is 0 Å². The molecule has 2 aromatic carbocycles. The molecule has 0 unspecified atom stereocenters. The first-order valence-electron chi connectivity index (χ1n) is 23.9. The molecule has 6 heterocycles. The van der Waals surface area contributed by atoms with Crippen molar-refractivity contribution in [2.75, 3.05) is 42.5 Å². The van der Waals surface area contributed by atoms with Crippen molar-refractivity contribution in [3.05, 3.63) is 144 Å². The number of hydrogen-bond donors (Lipinski definition) is 2. The minimum absolute atomic E-state index is 0.204. The topological polar surface area (TPSA) is 268 Å². The third-order valence-electron chi connectivity index (χ3n) is 12.5. The zero-order valence-corrected chi connectivity index (χ0v) is 46.0. The van der Waals surface area contributed by atoms with Gasteiger partial charge < -0.3 is 29.6 Å². The first kappa shape index (κ1) is 55.9. The number of ether oxygens (including phenoxy) is 4. The zero-order chi connectivity index (χ0) is 54.9. The van der Waals surface area contributed by atoms with Gasteiger partial charge in [-0.15, -0.1) is 20.4 Å². The van der Waals surface area contributed by atoms with Crippen LogP contribution in [0.2, 0.25) is 0 Å². The summed E-state index contributed by atoms with van der Waals surface area (Å²) < 4.78 is 81.0. The first-order chi connectivity index (χ1) is 36.4. The third-order valence-corrected chi connectivity index (χ3v) is 16.6. The van der Waals surface area contributed by atoms with Crippen LogP contribution in [-0.2, 0) is 31.2 Å². The molecule has 76 heavy (non-hydrogen) atoms. The molecule has 0 radical (unpaired) electrons. The normalized spacial score (nSPS) is 13.2. The predicted molar refractivity (Wildman–Crippen MR) is 286 cm³/mol. The molecule has 0 saturated carbocycles. The van der Waals surface area contributed by atoms with Gasteiger partial charge in [-0.3, -0.25) is 19.1 Å². The molecule has 0 aliphatic heterocycles. The minimum Gasteiger partial charge on any atom is -0.494 e. The van der Waals surface area contributed by atoms with Gasteiger partial charge in [0.25, 0.3) is 0 Å². The number of rotatable bonds is 20. The Labute approximate surface area is 442 Å². The van der Waals surface area contributed by atoms with Gasteiger partial charge >= 0.3 is 0 Å². The molecule has 0 bridgehead atoms. The van der Waals surface area contributed by atoms with Crippen LogP contribution in [0.5, 0.6) is 23.0 Å². The number of aromatic nitrogens is 12. The van der Waals surface area contributed by atoms with Crippen molar-refractivity contribution in [3.8, 4) is 57.1 Å². The average molecular weight is 1080 g/mol. The van der Waals surface area contributed by atoms with Crippen LogP contribution in [0, 0.1) is 27.7 Å². The van der Waals surface area contributed by atoms with Crippen LogP contribution >= 0.6 is 0 Å². The molecule has 0 amide bonds. The lowest BCUT2D eigenvalue weighted by molar-refractivity contribution is 0.390. The minimum atomic E-state index is -3.79. The van der Waals surface area contributed by atoms with Crippen molar-refractivity contribution in [2.45, 2.75) is 75.6 Å². The largest absolute Gasteiger partial charge is 0.494 e. The highest BCUT2D eigenvalue weighted by atomic mass is 32.2. The molecule has 0 fully saturated rings. The molecule has 0 spiro atoms. The van der Waals surface area contributed by atoms with Crippen LogP contribution in [0.4, 0.5) is 0 Å². The third kappa shape index (κ3) is 12.1. The summed E-state index contributed by atoms with van der Waals surface area (Å²) >= 11 is 0. The highest BCUT2D eigenvalue weighted by Crippen LogP contribution is 2.39. The summed E-state index contributed by atoms with van der Waals surface area (Å²) in [5.74, 6) is 3.11. The number of sulfone groups is 2. The van der Waals surface area contributed by atoms with E-state index in [4.69, 9.17) is 18.9 Å². The van der Waals surface area contributed by atoms with Crippen LogP contribution in [0.15, 0.2) is 98.1 Å². The fourth-order valence-electron chi connectivity index (χ4n) is 8.43. The Bertz CT molecular complexity index is 3230. The molecule has 0 aliphatic rings. The standard InChI is InChI=1S/2C26H31N7O4S/c2*1-16-10-19(14-28-11-16)26-32-31-22(33(26)24-20(36-5)8-7-9-21(24)37-6)15-38(34,35)18(3)23(27-4)25-29-12-17(2)13-30-25/h2*7-14,18,23,27H,15H2,1-6H3/t2*18-,23-/m10/s1. The van der Waals surface area contributed by atoms with Gasteiger partial charge in [0.15, 0.2) is 43.0 Å². The quantitative estimate of drug-likeness (QED) is 0.0881. The second-order valence-electron chi connectivity index (χ2n) is 17.9. The van der Waals surface area contributed by atoms with Crippen molar-refractivity contribution >= 4 is 19.7 Å². The van der Waals surface area contributed by atoms with E-state index in [2.05, 4.69) is 60.9 Å². The van der Waals surface area contributed by atoms with E-state index in [0.717, 1.165) is 22.3 Å². The fourth-order valence-corrected chi connectivity index (χ4v) is 11.4. The molecule has 8 aromatic rings. The Kier molecular flexibility index (Phi) is 17.8. The molecule has 4 atom stereocenters. The highest BCUT2D eigenvalue weighted by molar-refractivity contribution is 7.91. The number of benzene rings is 2. The maximum atomic E-state index is 13.8. The molecule has 8 rings (SSSR count). The van der Waals surface area contributed by atoms with Crippen LogP contribution in [0.3, 0.4) is 0 Å². The van der Waals surface area contributed by atoms with Gasteiger partial charge in [0.05, 0.1) is 51.0 Å². The fraction of sp³-hybridized carbons (Fsp3) is 0.346. The van der Waals surface area contributed by atoms with Crippen LogP contribution in [-0.4, -0.2) is 129 Å². The number of hydrogen-bond acceptors (Lipinski definition) is 20. The SMILES string of the molecule is CN[C@@H](c1ncc(C)cn1)[C@@H](C)S(=O)(=O)Cc1nnc(-c2cncc(C)c2)n1-c1c(OC)cccc1OC.CN[C@H](c1ncc(C)cn1)[C@H](C)S(=O)(=O)Cc1nnc(-c2cncc(C)c2)n1-c1c(OC)cccc1OC. The van der Waals surface area contributed by atoms with E-state index in [1.807, 2.05) is 39.8 Å². The lowest BCUT2D eigenvalue weighted by Crippen LogP contribution is -2.36. The molecule has 24 heteroatoms. The van der Waals surface area contributed by atoms with Crippen molar-refractivity contribution in [1.29, 1.82) is 0 Å². The maximum absolute atomic E-state index is 13.8. The maximum Gasteiger partial charge on any atom is 0.170 e. The zero-order valence-electron chi connectivity index (χ0n) is 44.4. The summed E-state index contributed by atoms with van der Waals surface area (Å²) in [6.07, 6.45) is 13.4. The Morgan fingerprint density at radius 3 is 1.11 bits per heavy atom. The second-order valence-corrected chi connectivity index (χ2v) is 22.6. The molecule has 22 nitrogen and oxygen atoms in total. The van der Waals surface area contributed by atoms with E-state index in [0.29, 0.717) is 68.8 Å². The monoisotopic (exact) mass is 1070 g/mol. The van der Waals surface area contributed by atoms with E-state index >= 15 is 0 Å². The first-order valence-corrected chi connectivity index (χ1v) is 27.3. The van der Waals surface area contributed by atoms with Gasteiger partial charge in [0.2, 0.25) is 0 Å². The van der Waals surface area contributed by atoms with Gasteiger partial charge in [-0.05, 0) is 114 Å². The van der Waals surface area contributed by atoms with E-state index in [1.54, 1.807) is 123 Å². The Balaban J connectivity index is 0.000000221. The number of para-hydroxylation sites is 2. The van der Waals surface area contributed by atoms with E-state index < -0.39 is 53.8 Å². The lowest BCUT2D eigenvalue weighted by atomic mass is 10.2. The summed E-state index contributed by atoms with van der Waals surface area (Å²) in [7, 11) is 1.93. The summed E-state index contributed by atoms with van der Waals surface area (Å²) in [5.41, 5.74) is 5.93. The van der Waals surface area contributed by atoms with E-state index in [9.17, 15) is 16.8 Å². The Morgan fingerprint density at radius 2 is 0.816 bits per heavy atom. The Morgan fingerprint density at radius 1 is 0.487 bits per heavy atom. The highest BCUT2D eigenvalue weighted by Gasteiger charge is 2.36. The molecule has 0 saturated heterocycles. The van der Waals surface area contributed by atoms with Crippen molar-refractivity contribution < 1.29 is 35.8 Å². The van der Waals surface area contributed by atoms with Gasteiger partial charge in [-0.1, -0.05) is 12.1 Å². The van der Waals surface area contributed by atoms with Gasteiger partial charge in [0, 0.05) is 60.7 Å². The van der Waals surface area contributed by atoms with Crippen molar-refractivity contribution in [2.24, 2.45) is 0 Å². The Hall–Kier alpha value is -7.80. The number of nitrogens with one attached hydrogen (secondary N) is 2. The summed E-state index contributed by atoms with van der Waals surface area (Å²) in [6, 6.07) is 13.2. The van der Waals surface area contributed by atoms with E-state index in [1.165, 1.54) is 28.4 Å². The van der Waals surface area contributed by atoms with Crippen molar-refractivity contribution in [1.82, 2.24) is 70.1 Å². The van der Waals surface area contributed by atoms with Crippen LogP contribution in [0.1, 0.15) is 71.5 Å². The van der Waals surface area contributed by atoms with Crippen molar-refractivity contribution in [3.63, 3.8) is 0 Å². The van der Waals surface area contributed by atoms with Gasteiger partial charge in [0.1, 0.15) is 57.5 Å². The average Bonchev–Trinajstić information content (AvgIpc) is 4.04. The smallest absolute Gasteiger partial charge is 0.170 e. The molecule has 400 valence electrons. The summed E-state index contributed by atoms with van der Waals surface area (Å²) in [6.45, 7) is 10.8. The van der Waals surface area contributed by atoms with E-state index in [-0.39, 0.29) is 11.6 Å². The molecule has 0 aliphatic carbocycles. The number of methoxy groups -OCH3 is 4. The lowest BCUT2D eigenvalue weighted by Gasteiger charge is -2.23. The number of nitrogens with zero attached hydrogens (tertiary/aromatic N) is 12.